The van der Waals surface area contributed by atoms with Gasteiger partial charge in [0.05, 0.1) is 11.4 Å². The predicted octanol–water partition coefficient (Wildman–Crippen LogP) is 10.8. The first kappa shape index (κ1) is 55.0. The van der Waals surface area contributed by atoms with Crippen LogP contribution < -0.4 is 9.80 Å². The third-order valence-electron chi connectivity index (χ3n) is 14.5. The van der Waals surface area contributed by atoms with Gasteiger partial charge in [0.25, 0.3) is 0 Å². The van der Waals surface area contributed by atoms with Gasteiger partial charge < -0.3 is 24.9 Å². The summed E-state index contributed by atoms with van der Waals surface area (Å²) >= 11 is 0. The normalized spacial score (nSPS) is 18.9. The largest absolute Gasteiger partial charge is 0.396 e. The van der Waals surface area contributed by atoms with Crippen molar-refractivity contribution in [1.29, 1.82) is 0 Å². The minimum atomic E-state index is 0. The highest BCUT2D eigenvalue weighted by atomic mass is 35.5. The van der Waals surface area contributed by atoms with Crippen LogP contribution in [0.4, 0.5) is 11.6 Å². The first-order valence-electron chi connectivity index (χ1n) is 25.9. The van der Waals surface area contributed by atoms with Gasteiger partial charge in [-0.1, -0.05) is 84.4 Å². The summed E-state index contributed by atoms with van der Waals surface area (Å²) in [4.78, 5) is 34.8. The number of hydrogen-bond donors (Lipinski definition) is 2. The lowest BCUT2D eigenvalue weighted by Crippen LogP contribution is -2.46. The molecule has 0 bridgehead atoms. The standard InChI is InChI=1S/C28H42N4O.C26H35N3O2.C3H8.ClH/c1-28(2)14-13-26(30(3)4)23-21-22(11-12-24(23)28)25-9-8-10-27(29-25)32-18-16-31(17-19-32)15-6-5-7-20-33;1-26(2)12-11-24(31)21-19-20(9-10-22(21)26)23-7-6-8-25(27-23)29-16-14-28(15-17-29)13-4-3-5-18-30;1-3-2;/h8-12,21,26,33H,5-7,13-20H2,1-4H3;6-10,19,30H,3-5,11-18H2,1-2H3;3H2,1-2H3;1H. The van der Waals surface area contributed by atoms with E-state index in [0.717, 1.165) is 138 Å². The minimum absolute atomic E-state index is 0. The average molecular weight is 953 g/mol. The number of benzene rings is 2. The molecule has 2 N–H and O–H groups in total. The molecule has 2 fully saturated rings. The molecule has 0 amide bonds. The number of fused-ring (bicyclic) bond motifs is 2. The maximum Gasteiger partial charge on any atom is 0.163 e. The SMILES string of the molecule is CC1(C)CCC(=O)c2cc(-c3cccc(N4CCN(CCCCCO)CC4)n3)ccc21.CCC.CN(C)C1CCC(C)(C)c2ccc(-c3cccc(N4CCN(CCCCCO)CC4)n3)cc21.Cl. The molecular formula is C57H86ClN7O3. The number of carbonyl (C=O) groups excluding carboxylic acids is 1. The molecule has 4 heterocycles. The highest BCUT2D eigenvalue weighted by molar-refractivity contribution is 6.00. The summed E-state index contributed by atoms with van der Waals surface area (Å²) in [5, 5.41) is 17.9. The molecule has 0 spiro atoms. The van der Waals surface area contributed by atoms with Crippen molar-refractivity contribution < 1.29 is 15.0 Å². The molecule has 1 unspecified atom stereocenters. The first-order valence-corrected chi connectivity index (χ1v) is 25.9. The Balaban J connectivity index is 0.000000237. The second-order valence-electron chi connectivity index (χ2n) is 21.0. The van der Waals surface area contributed by atoms with Crippen LogP contribution >= 0.6 is 12.4 Å². The van der Waals surface area contributed by atoms with E-state index < -0.39 is 0 Å². The van der Waals surface area contributed by atoms with Crippen LogP contribution in [0.15, 0.2) is 72.8 Å². The topological polar surface area (TPSA) is 99.5 Å². The molecule has 374 valence electrons. The van der Waals surface area contributed by atoms with Crippen molar-refractivity contribution >= 4 is 29.8 Å². The van der Waals surface area contributed by atoms with Gasteiger partial charge in [0.15, 0.2) is 5.78 Å². The van der Waals surface area contributed by atoms with Gasteiger partial charge >= 0.3 is 0 Å². The number of nitrogens with zero attached hydrogens (tertiary/aromatic N) is 7. The second kappa shape index (κ2) is 26.3. The lowest BCUT2D eigenvalue weighted by Gasteiger charge is -2.40. The zero-order valence-corrected chi connectivity index (χ0v) is 43.9. The number of aromatic nitrogens is 2. The van der Waals surface area contributed by atoms with E-state index in [1.54, 1.807) is 0 Å². The third-order valence-corrected chi connectivity index (χ3v) is 14.5. The molecule has 0 radical (unpaired) electrons. The molecule has 2 aliphatic carbocycles. The van der Waals surface area contributed by atoms with Crippen molar-refractivity contribution in [3.8, 4) is 22.5 Å². The number of anilines is 2. The van der Waals surface area contributed by atoms with E-state index in [9.17, 15) is 4.79 Å². The zero-order valence-electron chi connectivity index (χ0n) is 43.1. The lowest BCUT2D eigenvalue weighted by atomic mass is 9.70. The highest BCUT2D eigenvalue weighted by Gasteiger charge is 2.34. The monoisotopic (exact) mass is 952 g/mol. The van der Waals surface area contributed by atoms with Crippen LogP contribution in [0.1, 0.15) is 145 Å². The van der Waals surface area contributed by atoms with Gasteiger partial charge in [-0.15, -0.1) is 12.4 Å². The molecular weight excluding hydrogens is 866 g/mol. The third kappa shape index (κ3) is 14.6. The molecule has 2 aliphatic heterocycles. The van der Waals surface area contributed by atoms with Crippen LogP contribution in [-0.2, 0) is 10.8 Å². The molecule has 4 aromatic rings. The summed E-state index contributed by atoms with van der Waals surface area (Å²) in [7, 11) is 4.40. The molecule has 2 saturated heterocycles. The second-order valence-corrected chi connectivity index (χ2v) is 21.0. The van der Waals surface area contributed by atoms with Crippen molar-refractivity contribution in [2.45, 2.75) is 129 Å². The number of hydrogen-bond acceptors (Lipinski definition) is 10. The first-order chi connectivity index (χ1) is 32.3. The smallest absolute Gasteiger partial charge is 0.163 e. The van der Waals surface area contributed by atoms with Crippen molar-refractivity contribution in [3.63, 3.8) is 0 Å². The number of ketones is 1. The molecule has 0 saturated carbocycles. The Kier molecular flexibility index (Phi) is 21.3. The Hall–Kier alpha value is -3.90. The van der Waals surface area contributed by atoms with E-state index in [2.05, 4.69) is 147 Å². The number of pyridine rings is 2. The van der Waals surface area contributed by atoms with Gasteiger partial charge in [0, 0.05) is 94.7 Å². The number of carbonyl (C=O) groups is 1. The molecule has 11 heteroatoms. The fourth-order valence-electron chi connectivity index (χ4n) is 10.3. The number of Topliss-reactive ketones (excluding diaryl/α,β-unsaturated/α-hetero) is 1. The van der Waals surface area contributed by atoms with E-state index in [1.165, 1.54) is 47.9 Å². The van der Waals surface area contributed by atoms with Gasteiger partial charge in [0.2, 0.25) is 0 Å². The average Bonchev–Trinajstić information content (AvgIpc) is 3.34. The molecule has 68 heavy (non-hydrogen) atoms. The Morgan fingerprint density at radius 3 is 1.57 bits per heavy atom. The van der Waals surface area contributed by atoms with Gasteiger partial charge in [-0.05, 0) is 149 Å². The van der Waals surface area contributed by atoms with Crippen molar-refractivity contribution in [2.75, 3.05) is 103 Å². The van der Waals surface area contributed by atoms with Crippen molar-refractivity contribution in [2.24, 2.45) is 0 Å². The zero-order chi connectivity index (χ0) is 48.0. The molecule has 8 rings (SSSR count). The van der Waals surface area contributed by atoms with Gasteiger partial charge in [-0.25, -0.2) is 9.97 Å². The van der Waals surface area contributed by atoms with E-state index in [-0.39, 0.29) is 29.0 Å². The van der Waals surface area contributed by atoms with Crippen molar-refractivity contribution in [1.82, 2.24) is 24.7 Å². The van der Waals surface area contributed by atoms with E-state index in [1.807, 2.05) is 6.07 Å². The summed E-state index contributed by atoms with van der Waals surface area (Å²) in [6.07, 6.45) is 11.6. The fourth-order valence-corrected chi connectivity index (χ4v) is 10.3. The van der Waals surface area contributed by atoms with Crippen LogP contribution in [0.25, 0.3) is 22.5 Å². The summed E-state index contributed by atoms with van der Waals surface area (Å²) in [6.45, 7) is 24.6. The molecule has 1 atom stereocenters. The quantitative estimate of drug-likeness (QED) is 0.112. The molecule has 4 aliphatic rings. The van der Waals surface area contributed by atoms with Crippen LogP contribution in [0, 0.1) is 0 Å². The number of unbranched alkanes of at least 4 members (excludes halogenated alkanes) is 4. The summed E-state index contributed by atoms with van der Waals surface area (Å²) in [6, 6.07) is 26.5. The lowest BCUT2D eigenvalue weighted by molar-refractivity contribution is 0.0956. The number of halogens is 1. The van der Waals surface area contributed by atoms with Crippen LogP contribution in [0.2, 0.25) is 0 Å². The van der Waals surface area contributed by atoms with Crippen LogP contribution in [-0.4, -0.2) is 133 Å². The summed E-state index contributed by atoms with van der Waals surface area (Å²) in [5.41, 5.74) is 9.53. The Morgan fingerprint density at radius 2 is 1.09 bits per heavy atom. The number of aliphatic hydroxyl groups is 2. The summed E-state index contributed by atoms with van der Waals surface area (Å²) < 4.78 is 0. The Morgan fingerprint density at radius 1 is 0.618 bits per heavy atom. The van der Waals surface area contributed by atoms with Crippen molar-refractivity contribution in [3.05, 3.63) is 95.1 Å². The molecule has 2 aromatic carbocycles. The van der Waals surface area contributed by atoms with Gasteiger partial charge in [-0.3, -0.25) is 14.6 Å². The van der Waals surface area contributed by atoms with E-state index in [4.69, 9.17) is 20.2 Å². The Bertz CT molecular complexity index is 2160. The number of piperazine rings is 2. The van der Waals surface area contributed by atoms with Gasteiger partial charge in [-0.2, -0.15) is 0 Å². The highest BCUT2D eigenvalue weighted by Crippen LogP contribution is 2.45. The fraction of sp³-hybridized carbons (Fsp3) is 0.596. The van der Waals surface area contributed by atoms with E-state index >= 15 is 0 Å². The number of aliphatic hydroxyl groups excluding tert-OH is 2. The minimum Gasteiger partial charge on any atom is -0.396 e. The van der Waals surface area contributed by atoms with Gasteiger partial charge in [0.1, 0.15) is 11.6 Å². The maximum absolute atomic E-state index is 12.6. The van der Waals surface area contributed by atoms with Crippen LogP contribution in [0.5, 0.6) is 0 Å². The number of rotatable bonds is 15. The maximum atomic E-state index is 12.6. The van der Waals surface area contributed by atoms with E-state index in [0.29, 0.717) is 25.7 Å². The van der Waals surface area contributed by atoms with Crippen LogP contribution in [0.3, 0.4) is 0 Å². The Labute approximate surface area is 417 Å². The summed E-state index contributed by atoms with van der Waals surface area (Å²) in [5.74, 6) is 2.36. The predicted molar refractivity (Wildman–Crippen MR) is 287 cm³/mol. The molecule has 10 nitrogen and oxygen atoms in total. The molecule has 2 aromatic heterocycles.